The molecule has 1 atom stereocenters. The van der Waals surface area contributed by atoms with Crippen molar-refractivity contribution in [2.75, 3.05) is 36.2 Å². The molecule has 0 aliphatic carbocycles. The zero-order chi connectivity index (χ0) is 24.2. The van der Waals surface area contributed by atoms with Crippen LogP contribution in [0.3, 0.4) is 0 Å². The molecule has 11 heteroatoms. The molecule has 0 radical (unpaired) electrons. The Bertz CT molecular complexity index is 1370. The normalized spacial score (nSPS) is 15.1. The Morgan fingerprint density at radius 1 is 1.11 bits per heavy atom. The number of carbonyl (C=O) groups is 1. The second-order valence-corrected chi connectivity index (χ2v) is 8.87. The van der Waals surface area contributed by atoms with Crippen molar-refractivity contribution in [2.24, 2.45) is 4.99 Å². The lowest BCUT2D eigenvalue weighted by Gasteiger charge is -2.11. The topological polar surface area (TPSA) is 127 Å². The first-order chi connectivity index (χ1) is 17.1. The predicted octanol–water partition coefficient (Wildman–Crippen LogP) is 3.79. The number of hydrogen-bond donors (Lipinski definition) is 3. The Kier molecular flexibility index (Phi) is 6.51. The van der Waals surface area contributed by atoms with Crippen molar-refractivity contribution in [1.29, 1.82) is 0 Å². The van der Waals surface area contributed by atoms with Crippen LogP contribution in [0, 0.1) is 6.92 Å². The number of anilines is 3. The second-order valence-electron chi connectivity index (χ2n) is 7.67. The second kappa shape index (κ2) is 10.0. The number of fused-ring (bicyclic) bond motifs is 1. The highest BCUT2D eigenvalue weighted by molar-refractivity contribution is 7.16. The predicted molar refractivity (Wildman–Crippen MR) is 135 cm³/mol. The van der Waals surface area contributed by atoms with Crippen molar-refractivity contribution in [3.05, 3.63) is 70.7 Å². The van der Waals surface area contributed by atoms with Gasteiger partial charge >= 0.3 is 6.01 Å². The Balaban J connectivity index is 1.44. The number of carbonyl (C=O) groups excluding carboxylic acids is 1. The van der Waals surface area contributed by atoms with E-state index in [0.29, 0.717) is 30.2 Å². The molecule has 5 rings (SSSR count). The molecule has 10 nitrogen and oxygen atoms in total. The fourth-order valence-corrected chi connectivity index (χ4v) is 4.47. The molecule has 4 aromatic rings. The average Bonchev–Trinajstić information content (AvgIpc) is 3.45. The number of nitrogens with one attached hydrogen (secondary N) is 3. The van der Waals surface area contributed by atoms with Crippen LogP contribution in [0.25, 0.3) is 11.6 Å². The van der Waals surface area contributed by atoms with Gasteiger partial charge in [0.15, 0.2) is 5.69 Å². The molecule has 3 N–H and O–H groups in total. The lowest BCUT2D eigenvalue weighted by Crippen LogP contribution is -2.32. The van der Waals surface area contributed by atoms with Gasteiger partial charge in [0.25, 0.3) is 11.8 Å². The fourth-order valence-electron chi connectivity index (χ4n) is 3.63. The number of para-hydroxylation sites is 1. The monoisotopic (exact) mass is 489 g/mol. The van der Waals surface area contributed by atoms with E-state index in [0.717, 1.165) is 21.1 Å². The molecule has 1 amide bonds. The molecule has 0 saturated carbocycles. The van der Waals surface area contributed by atoms with E-state index in [-0.39, 0.29) is 17.8 Å². The fraction of sp³-hybridized carbons (Fsp3) is 0.208. The van der Waals surface area contributed by atoms with Gasteiger partial charge in [-0.25, -0.2) is 9.98 Å². The van der Waals surface area contributed by atoms with E-state index in [1.54, 1.807) is 7.11 Å². The maximum Gasteiger partial charge on any atom is 0.317 e. The van der Waals surface area contributed by atoms with Crippen LogP contribution in [-0.2, 0) is 9.53 Å². The van der Waals surface area contributed by atoms with Gasteiger partial charge in [0, 0.05) is 24.8 Å². The van der Waals surface area contributed by atoms with E-state index < -0.39 is 6.17 Å². The van der Waals surface area contributed by atoms with Gasteiger partial charge in [-0.3, -0.25) is 4.79 Å². The van der Waals surface area contributed by atoms with Crippen molar-refractivity contribution in [3.8, 4) is 11.6 Å². The zero-order valence-electron chi connectivity index (χ0n) is 19.1. The standard InChI is InChI=1S/C24H23N7O3S/c1-14-26-19(23(35-14)25-12-13-33-2)22-30-31-24(34-22)29-20-21(32)27-17-11-7-6-10-16(17)18(28-20)15-8-4-3-5-9-15/h3-11,20,25H,12-13H2,1-2H3,(H,27,32)(H,29,31)/t20-/m1/s1. The molecule has 0 bridgehead atoms. The van der Waals surface area contributed by atoms with Crippen LogP contribution in [0.1, 0.15) is 16.1 Å². The summed E-state index contributed by atoms with van der Waals surface area (Å²) in [5.74, 6) is -0.101. The molecule has 3 heterocycles. The van der Waals surface area contributed by atoms with Crippen LogP contribution >= 0.6 is 11.3 Å². The summed E-state index contributed by atoms with van der Waals surface area (Å²) in [6.45, 7) is 3.07. The maximum absolute atomic E-state index is 13.0. The molecule has 2 aromatic heterocycles. The van der Waals surface area contributed by atoms with Gasteiger partial charge < -0.3 is 25.1 Å². The van der Waals surface area contributed by atoms with Crippen LogP contribution in [0.4, 0.5) is 16.7 Å². The number of benzodiazepines with no additional fused rings is 1. The van der Waals surface area contributed by atoms with Crippen LogP contribution in [0.2, 0.25) is 0 Å². The molecule has 2 aromatic carbocycles. The van der Waals surface area contributed by atoms with E-state index >= 15 is 0 Å². The summed E-state index contributed by atoms with van der Waals surface area (Å²) in [5.41, 5.74) is 3.62. The van der Waals surface area contributed by atoms with Crippen LogP contribution in [0.5, 0.6) is 0 Å². The number of thiazole rings is 1. The van der Waals surface area contributed by atoms with E-state index in [2.05, 4.69) is 31.1 Å². The minimum atomic E-state index is -0.984. The summed E-state index contributed by atoms with van der Waals surface area (Å²) >= 11 is 1.49. The third kappa shape index (κ3) is 4.91. The van der Waals surface area contributed by atoms with Gasteiger partial charge in [-0.05, 0) is 13.0 Å². The van der Waals surface area contributed by atoms with Crippen molar-refractivity contribution in [2.45, 2.75) is 13.1 Å². The Hall–Kier alpha value is -4.09. The van der Waals surface area contributed by atoms with Gasteiger partial charge in [-0.2, -0.15) is 0 Å². The molecule has 0 fully saturated rings. The molecular weight excluding hydrogens is 466 g/mol. The molecule has 178 valence electrons. The highest BCUT2D eigenvalue weighted by atomic mass is 32.1. The number of methoxy groups -OCH3 is 1. The largest absolute Gasteiger partial charge is 0.402 e. The average molecular weight is 490 g/mol. The molecule has 0 spiro atoms. The first kappa shape index (κ1) is 22.7. The van der Waals surface area contributed by atoms with E-state index in [1.807, 2.05) is 61.5 Å². The maximum atomic E-state index is 13.0. The summed E-state index contributed by atoms with van der Waals surface area (Å²) in [6.07, 6.45) is -0.984. The smallest absolute Gasteiger partial charge is 0.317 e. The number of hydrogen-bond acceptors (Lipinski definition) is 10. The first-order valence-corrected chi connectivity index (χ1v) is 11.8. The van der Waals surface area contributed by atoms with E-state index in [9.17, 15) is 4.79 Å². The minimum Gasteiger partial charge on any atom is -0.402 e. The summed E-state index contributed by atoms with van der Waals surface area (Å²) in [6, 6.07) is 17.3. The van der Waals surface area contributed by atoms with E-state index in [1.165, 1.54) is 11.3 Å². The molecule has 1 aliphatic rings. The molecule has 0 unspecified atom stereocenters. The number of amides is 1. The zero-order valence-corrected chi connectivity index (χ0v) is 19.9. The van der Waals surface area contributed by atoms with Crippen molar-refractivity contribution in [1.82, 2.24) is 15.2 Å². The number of benzene rings is 2. The molecule has 35 heavy (non-hydrogen) atoms. The van der Waals surface area contributed by atoms with Crippen molar-refractivity contribution < 1.29 is 13.9 Å². The van der Waals surface area contributed by atoms with Crippen molar-refractivity contribution >= 4 is 39.7 Å². The molecule has 0 saturated heterocycles. The Morgan fingerprint density at radius 2 is 1.91 bits per heavy atom. The van der Waals surface area contributed by atoms with Gasteiger partial charge in [0.05, 0.1) is 23.0 Å². The summed E-state index contributed by atoms with van der Waals surface area (Å²) in [4.78, 5) is 22.3. The third-order valence-corrected chi connectivity index (χ3v) is 6.14. The minimum absolute atomic E-state index is 0.0655. The summed E-state index contributed by atoms with van der Waals surface area (Å²) in [5, 5.41) is 19.0. The lowest BCUT2D eigenvalue weighted by molar-refractivity contribution is -0.116. The van der Waals surface area contributed by atoms with Crippen LogP contribution in [0.15, 0.2) is 64.0 Å². The highest BCUT2D eigenvalue weighted by Crippen LogP contribution is 2.33. The number of nitrogens with zero attached hydrogens (tertiary/aromatic N) is 4. The van der Waals surface area contributed by atoms with Crippen molar-refractivity contribution in [3.63, 3.8) is 0 Å². The lowest BCUT2D eigenvalue weighted by atomic mass is 10.0. The third-order valence-electron chi connectivity index (χ3n) is 5.21. The van der Waals surface area contributed by atoms with E-state index in [4.69, 9.17) is 14.1 Å². The first-order valence-electron chi connectivity index (χ1n) is 11.0. The molecular formula is C24H23N7O3S. The quantitative estimate of drug-likeness (QED) is 0.319. The number of aliphatic imine (C=N–C) groups is 1. The summed E-state index contributed by atoms with van der Waals surface area (Å²) < 4.78 is 10.9. The number of aryl methyl sites for hydroxylation is 1. The number of ether oxygens (including phenoxy) is 1. The number of rotatable bonds is 8. The van der Waals surface area contributed by atoms with Gasteiger partial charge in [0.1, 0.15) is 5.00 Å². The SMILES string of the molecule is COCCNc1sc(C)nc1-c1nnc(N[C@H]2N=C(c3ccccc3)c3ccccc3NC2=O)o1. The molecule has 1 aliphatic heterocycles. The van der Waals surface area contributed by atoms with Gasteiger partial charge in [-0.15, -0.1) is 16.4 Å². The highest BCUT2D eigenvalue weighted by Gasteiger charge is 2.27. The number of aromatic nitrogens is 3. The summed E-state index contributed by atoms with van der Waals surface area (Å²) in [7, 11) is 1.64. The van der Waals surface area contributed by atoms with Gasteiger partial charge in [0.2, 0.25) is 6.17 Å². The Morgan fingerprint density at radius 3 is 2.74 bits per heavy atom. The van der Waals surface area contributed by atoms with Crippen LogP contribution in [-0.4, -0.2) is 53.2 Å². The Labute approximate surface area is 205 Å². The van der Waals surface area contributed by atoms with Gasteiger partial charge in [-0.1, -0.05) is 53.6 Å². The van der Waals surface area contributed by atoms with Crippen LogP contribution < -0.4 is 16.0 Å².